The SMILES string of the molecule is C=CN1CCC(C(=O)Cc2c(Cl)cccc2Cl)C1=O. The van der Waals surface area contributed by atoms with Crippen molar-refractivity contribution in [2.75, 3.05) is 6.54 Å². The first-order chi connectivity index (χ1) is 9.04. The minimum absolute atomic E-state index is 0.0832. The molecule has 0 spiro atoms. The lowest BCUT2D eigenvalue weighted by Crippen LogP contribution is -2.27. The Labute approximate surface area is 121 Å². The van der Waals surface area contributed by atoms with Gasteiger partial charge in [-0.1, -0.05) is 35.8 Å². The Balaban J connectivity index is 2.14. The summed E-state index contributed by atoms with van der Waals surface area (Å²) >= 11 is 12.0. The zero-order valence-corrected chi connectivity index (χ0v) is 11.7. The Morgan fingerprint density at radius 1 is 1.42 bits per heavy atom. The number of benzene rings is 1. The van der Waals surface area contributed by atoms with Gasteiger partial charge in [-0.3, -0.25) is 9.59 Å². The van der Waals surface area contributed by atoms with E-state index in [0.717, 1.165) is 0 Å². The molecule has 5 heteroatoms. The summed E-state index contributed by atoms with van der Waals surface area (Å²) in [5.74, 6) is -0.946. The second kappa shape index (κ2) is 5.76. The number of ketones is 1. The van der Waals surface area contributed by atoms with E-state index in [1.165, 1.54) is 11.1 Å². The fourth-order valence-corrected chi connectivity index (χ4v) is 2.71. The van der Waals surface area contributed by atoms with E-state index in [1.54, 1.807) is 18.2 Å². The number of carbonyl (C=O) groups excluding carboxylic acids is 2. The number of halogens is 2. The van der Waals surface area contributed by atoms with Gasteiger partial charge in [-0.05, 0) is 30.3 Å². The highest BCUT2D eigenvalue weighted by Crippen LogP contribution is 2.27. The van der Waals surface area contributed by atoms with Crippen LogP contribution in [0.2, 0.25) is 10.0 Å². The Bertz CT molecular complexity index is 522. The fraction of sp³-hybridized carbons (Fsp3) is 0.286. The van der Waals surface area contributed by atoms with Gasteiger partial charge in [0.1, 0.15) is 5.78 Å². The molecule has 0 aliphatic carbocycles. The van der Waals surface area contributed by atoms with E-state index >= 15 is 0 Å². The molecule has 1 aromatic carbocycles. The summed E-state index contributed by atoms with van der Waals surface area (Å²) in [6.45, 7) is 4.09. The van der Waals surface area contributed by atoms with Crippen molar-refractivity contribution >= 4 is 34.9 Å². The van der Waals surface area contributed by atoms with Crippen LogP contribution in [-0.4, -0.2) is 23.1 Å². The molecular weight excluding hydrogens is 285 g/mol. The maximum Gasteiger partial charge on any atom is 0.237 e. The first-order valence-electron chi connectivity index (χ1n) is 5.93. The summed E-state index contributed by atoms with van der Waals surface area (Å²) in [6, 6.07) is 5.09. The van der Waals surface area contributed by atoms with Crippen LogP contribution in [-0.2, 0) is 16.0 Å². The minimum atomic E-state index is -0.606. The zero-order chi connectivity index (χ0) is 14.0. The van der Waals surface area contributed by atoms with E-state index in [0.29, 0.717) is 28.6 Å². The molecule has 0 N–H and O–H groups in total. The second-order valence-corrected chi connectivity index (χ2v) is 5.21. The quantitative estimate of drug-likeness (QED) is 0.801. The average Bonchev–Trinajstić information content (AvgIpc) is 2.75. The Morgan fingerprint density at radius 2 is 2.05 bits per heavy atom. The molecule has 2 rings (SSSR count). The Kier molecular flexibility index (Phi) is 4.27. The van der Waals surface area contributed by atoms with E-state index in [4.69, 9.17) is 23.2 Å². The highest BCUT2D eigenvalue weighted by atomic mass is 35.5. The van der Waals surface area contributed by atoms with E-state index in [1.807, 2.05) is 0 Å². The summed E-state index contributed by atoms with van der Waals surface area (Å²) in [7, 11) is 0. The van der Waals surface area contributed by atoms with Crippen LogP contribution in [0.3, 0.4) is 0 Å². The van der Waals surface area contributed by atoms with Crippen LogP contribution < -0.4 is 0 Å². The van der Waals surface area contributed by atoms with Gasteiger partial charge in [0.15, 0.2) is 0 Å². The fourth-order valence-electron chi connectivity index (χ4n) is 2.18. The molecule has 1 amide bonds. The molecule has 1 saturated heterocycles. The Hall–Kier alpha value is -1.32. The molecule has 1 heterocycles. The van der Waals surface area contributed by atoms with Gasteiger partial charge in [0.25, 0.3) is 0 Å². The smallest absolute Gasteiger partial charge is 0.237 e. The number of hydrogen-bond donors (Lipinski definition) is 0. The maximum absolute atomic E-state index is 12.2. The standard InChI is InChI=1S/C14H13Cl2NO2/c1-2-17-7-6-9(14(17)19)13(18)8-10-11(15)4-3-5-12(10)16/h2-5,9H,1,6-8H2. The van der Waals surface area contributed by atoms with Crippen molar-refractivity contribution in [2.45, 2.75) is 12.8 Å². The van der Waals surface area contributed by atoms with E-state index in [2.05, 4.69) is 6.58 Å². The number of hydrogen-bond acceptors (Lipinski definition) is 2. The number of amides is 1. The predicted molar refractivity (Wildman–Crippen MR) is 75.2 cm³/mol. The van der Waals surface area contributed by atoms with Crippen LogP contribution in [0.25, 0.3) is 0 Å². The van der Waals surface area contributed by atoms with Crippen molar-refractivity contribution in [3.05, 3.63) is 46.6 Å². The molecule has 1 atom stereocenters. The lowest BCUT2D eigenvalue weighted by Gasteiger charge is -2.11. The molecule has 19 heavy (non-hydrogen) atoms. The van der Waals surface area contributed by atoms with E-state index < -0.39 is 5.92 Å². The average molecular weight is 298 g/mol. The first kappa shape index (κ1) is 14.1. The van der Waals surface area contributed by atoms with Crippen LogP contribution in [0, 0.1) is 5.92 Å². The third-order valence-corrected chi connectivity index (χ3v) is 3.97. The number of carbonyl (C=O) groups is 2. The van der Waals surface area contributed by atoms with Gasteiger partial charge in [0, 0.05) is 23.0 Å². The van der Waals surface area contributed by atoms with Crippen LogP contribution in [0.15, 0.2) is 31.0 Å². The van der Waals surface area contributed by atoms with Crippen molar-refractivity contribution in [2.24, 2.45) is 5.92 Å². The Morgan fingerprint density at radius 3 is 2.58 bits per heavy atom. The minimum Gasteiger partial charge on any atom is -0.319 e. The molecule has 1 fully saturated rings. The third kappa shape index (κ3) is 2.82. The highest BCUT2D eigenvalue weighted by molar-refractivity contribution is 6.36. The zero-order valence-electron chi connectivity index (χ0n) is 10.2. The maximum atomic E-state index is 12.2. The molecule has 3 nitrogen and oxygen atoms in total. The van der Waals surface area contributed by atoms with Crippen molar-refractivity contribution in [1.29, 1.82) is 0 Å². The van der Waals surface area contributed by atoms with E-state index in [-0.39, 0.29) is 18.1 Å². The molecule has 0 bridgehead atoms. The van der Waals surface area contributed by atoms with Crippen molar-refractivity contribution < 1.29 is 9.59 Å². The third-order valence-electron chi connectivity index (χ3n) is 3.26. The molecular formula is C14H13Cl2NO2. The highest BCUT2D eigenvalue weighted by Gasteiger charge is 2.35. The van der Waals surface area contributed by atoms with Crippen LogP contribution in [0.1, 0.15) is 12.0 Å². The van der Waals surface area contributed by atoms with Gasteiger partial charge in [-0.2, -0.15) is 0 Å². The summed E-state index contributed by atoms with van der Waals surface area (Å²) in [4.78, 5) is 25.6. The van der Waals surface area contributed by atoms with E-state index in [9.17, 15) is 9.59 Å². The van der Waals surface area contributed by atoms with Crippen molar-refractivity contribution in [3.63, 3.8) is 0 Å². The predicted octanol–water partition coefficient (Wildman–Crippen LogP) is 3.10. The molecule has 100 valence electrons. The normalized spacial score (nSPS) is 18.7. The lowest BCUT2D eigenvalue weighted by molar-refractivity contribution is -0.135. The molecule has 1 aromatic rings. The summed E-state index contributed by atoms with van der Waals surface area (Å²) < 4.78 is 0. The van der Waals surface area contributed by atoms with Gasteiger partial charge in [-0.15, -0.1) is 0 Å². The monoisotopic (exact) mass is 297 g/mol. The molecule has 1 aliphatic heterocycles. The molecule has 1 aliphatic rings. The largest absolute Gasteiger partial charge is 0.319 e. The molecule has 1 unspecified atom stereocenters. The van der Waals surface area contributed by atoms with Crippen molar-refractivity contribution in [3.8, 4) is 0 Å². The van der Waals surface area contributed by atoms with Crippen LogP contribution in [0.5, 0.6) is 0 Å². The number of Topliss-reactive ketones (excluding diaryl/α,β-unsaturated/α-hetero) is 1. The first-order valence-corrected chi connectivity index (χ1v) is 6.69. The van der Waals surface area contributed by atoms with Crippen molar-refractivity contribution in [1.82, 2.24) is 4.90 Å². The van der Waals surface area contributed by atoms with Gasteiger partial charge in [0.2, 0.25) is 5.91 Å². The second-order valence-electron chi connectivity index (χ2n) is 4.40. The van der Waals surface area contributed by atoms with Gasteiger partial charge in [0.05, 0.1) is 5.92 Å². The molecule has 0 saturated carbocycles. The summed E-state index contributed by atoms with van der Waals surface area (Å²) in [5, 5.41) is 0.902. The number of likely N-dealkylation sites (tertiary alicyclic amines) is 1. The van der Waals surface area contributed by atoms with Gasteiger partial charge >= 0.3 is 0 Å². The number of rotatable bonds is 4. The molecule has 0 radical (unpaired) electrons. The lowest BCUT2D eigenvalue weighted by atomic mass is 9.96. The number of nitrogens with zero attached hydrogens (tertiary/aromatic N) is 1. The van der Waals surface area contributed by atoms with Crippen LogP contribution >= 0.6 is 23.2 Å². The molecule has 0 aromatic heterocycles. The van der Waals surface area contributed by atoms with Crippen LogP contribution in [0.4, 0.5) is 0 Å². The van der Waals surface area contributed by atoms with Gasteiger partial charge < -0.3 is 4.90 Å². The topological polar surface area (TPSA) is 37.4 Å². The van der Waals surface area contributed by atoms with Gasteiger partial charge in [-0.25, -0.2) is 0 Å². The summed E-state index contributed by atoms with van der Waals surface area (Å²) in [5.41, 5.74) is 0.584. The summed E-state index contributed by atoms with van der Waals surface area (Å²) in [6.07, 6.45) is 2.06.